The van der Waals surface area contributed by atoms with Crippen LogP contribution in [0.1, 0.15) is 26.3 Å². The van der Waals surface area contributed by atoms with Gasteiger partial charge < -0.3 is 0 Å². The summed E-state index contributed by atoms with van der Waals surface area (Å²) in [5.41, 5.74) is 3.91. The molecule has 1 rings (SSSR count). The van der Waals surface area contributed by atoms with Gasteiger partial charge in [0.05, 0.1) is 10.0 Å². The highest BCUT2D eigenvalue weighted by Gasteiger charge is 2.20. The average molecular weight is 275 g/mol. The van der Waals surface area contributed by atoms with E-state index in [1.165, 1.54) is 0 Å². The summed E-state index contributed by atoms with van der Waals surface area (Å²) in [4.78, 5) is 0. The summed E-state index contributed by atoms with van der Waals surface area (Å²) < 4.78 is 0. The molecule has 1 aromatic rings. The van der Waals surface area contributed by atoms with Crippen molar-refractivity contribution in [2.75, 3.05) is 0 Å². The van der Waals surface area contributed by atoms with Crippen LogP contribution in [0.15, 0.2) is 18.2 Å². The number of nitrogens with two attached hydrogens (primary N) is 1. The molecule has 0 radical (unpaired) electrons. The van der Waals surface area contributed by atoms with Crippen LogP contribution in [-0.2, 0) is 6.42 Å². The molecule has 1 aromatic carbocycles. The predicted molar refractivity (Wildman–Crippen MR) is 75.3 cm³/mol. The summed E-state index contributed by atoms with van der Waals surface area (Å²) in [5.74, 6) is 6.65. The van der Waals surface area contributed by atoms with Gasteiger partial charge in [-0.1, -0.05) is 56.1 Å². The Morgan fingerprint density at radius 3 is 2.41 bits per heavy atom. The van der Waals surface area contributed by atoms with Crippen molar-refractivity contribution in [3.8, 4) is 0 Å². The van der Waals surface area contributed by atoms with Gasteiger partial charge >= 0.3 is 0 Å². The quantitative estimate of drug-likeness (QED) is 0.635. The summed E-state index contributed by atoms with van der Waals surface area (Å²) in [6.07, 6.45) is 0.787. The first-order valence-electron chi connectivity index (χ1n) is 5.86. The molecule has 0 aliphatic carbocycles. The van der Waals surface area contributed by atoms with E-state index in [1.807, 2.05) is 12.1 Å². The smallest absolute Gasteiger partial charge is 0.0624 e. The summed E-state index contributed by atoms with van der Waals surface area (Å²) in [7, 11) is 0. The average Bonchev–Trinajstić information content (AvgIpc) is 2.30. The lowest BCUT2D eigenvalue weighted by atomic mass is 9.87. The Kier molecular flexibility index (Phi) is 5.74. The number of benzene rings is 1. The molecule has 0 aliphatic rings. The highest BCUT2D eigenvalue weighted by Crippen LogP contribution is 2.28. The van der Waals surface area contributed by atoms with E-state index in [9.17, 15) is 0 Å². The second kappa shape index (κ2) is 6.60. The van der Waals surface area contributed by atoms with Crippen LogP contribution in [0.5, 0.6) is 0 Å². The van der Waals surface area contributed by atoms with Crippen LogP contribution in [0.25, 0.3) is 0 Å². The minimum atomic E-state index is 0.200. The van der Waals surface area contributed by atoms with E-state index in [0.29, 0.717) is 21.9 Å². The lowest BCUT2D eigenvalue weighted by Gasteiger charge is -2.26. The third kappa shape index (κ3) is 3.85. The molecule has 0 saturated carbocycles. The van der Waals surface area contributed by atoms with E-state index in [1.54, 1.807) is 6.07 Å². The fraction of sp³-hybridized carbons (Fsp3) is 0.538. The van der Waals surface area contributed by atoms with Crippen LogP contribution >= 0.6 is 23.2 Å². The molecule has 2 nitrogen and oxygen atoms in total. The number of hydrogen-bond acceptors (Lipinski definition) is 2. The Labute approximate surface area is 113 Å². The molecule has 2 unspecified atom stereocenters. The van der Waals surface area contributed by atoms with Crippen molar-refractivity contribution < 1.29 is 0 Å². The SMILES string of the molecule is CC(C)C(C)C(Cc1cccc(Cl)c1Cl)NN. The number of rotatable bonds is 5. The molecule has 17 heavy (non-hydrogen) atoms. The normalized spacial score (nSPS) is 15.0. The van der Waals surface area contributed by atoms with Gasteiger partial charge in [-0.3, -0.25) is 11.3 Å². The van der Waals surface area contributed by atoms with E-state index >= 15 is 0 Å². The Hall–Kier alpha value is -0.280. The van der Waals surface area contributed by atoms with Crippen LogP contribution in [0, 0.1) is 11.8 Å². The number of halogens is 2. The van der Waals surface area contributed by atoms with Crippen LogP contribution in [-0.4, -0.2) is 6.04 Å². The van der Waals surface area contributed by atoms with Crippen LogP contribution in [0.2, 0.25) is 10.0 Å². The molecule has 0 saturated heterocycles. The van der Waals surface area contributed by atoms with E-state index < -0.39 is 0 Å². The molecule has 96 valence electrons. The van der Waals surface area contributed by atoms with E-state index in [4.69, 9.17) is 29.0 Å². The molecule has 0 fully saturated rings. The van der Waals surface area contributed by atoms with Crippen molar-refractivity contribution in [3.63, 3.8) is 0 Å². The molecule has 2 atom stereocenters. The van der Waals surface area contributed by atoms with Gasteiger partial charge in [0.15, 0.2) is 0 Å². The Morgan fingerprint density at radius 2 is 1.88 bits per heavy atom. The molecular formula is C13H20Cl2N2. The second-order valence-electron chi connectivity index (χ2n) is 4.79. The van der Waals surface area contributed by atoms with Gasteiger partial charge in [-0.05, 0) is 29.9 Å². The predicted octanol–water partition coefficient (Wildman–Crippen LogP) is 3.66. The molecule has 0 spiro atoms. The summed E-state index contributed by atoms with van der Waals surface area (Å²) in [6, 6.07) is 5.90. The first-order valence-corrected chi connectivity index (χ1v) is 6.62. The third-order valence-corrected chi connectivity index (χ3v) is 4.23. The van der Waals surface area contributed by atoms with E-state index in [0.717, 1.165) is 12.0 Å². The minimum Gasteiger partial charge on any atom is -0.271 e. The lowest BCUT2D eigenvalue weighted by molar-refractivity contribution is 0.299. The number of nitrogens with one attached hydrogen (secondary N) is 1. The molecule has 0 aliphatic heterocycles. The maximum Gasteiger partial charge on any atom is 0.0624 e. The van der Waals surface area contributed by atoms with Crippen molar-refractivity contribution in [2.24, 2.45) is 17.7 Å². The first-order chi connectivity index (χ1) is 7.97. The summed E-state index contributed by atoms with van der Waals surface area (Å²) >= 11 is 12.2. The zero-order chi connectivity index (χ0) is 13.0. The Bertz CT molecular complexity index is 366. The van der Waals surface area contributed by atoms with Crippen molar-refractivity contribution in [1.82, 2.24) is 5.43 Å². The maximum absolute atomic E-state index is 6.18. The summed E-state index contributed by atoms with van der Waals surface area (Å²) in [5, 5.41) is 1.22. The number of hydrogen-bond donors (Lipinski definition) is 2. The standard InChI is InChI=1S/C13H20Cl2N2/c1-8(2)9(3)12(17-16)7-10-5-4-6-11(14)13(10)15/h4-6,8-9,12,17H,7,16H2,1-3H3. The van der Waals surface area contributed by atoms with Gasteiger partial charge in [0.1, 0.15) is 0 Å². The van der Waals surface area contributed by atoms with Crippen LogP contribution in [0.3, 0.4) is 0 Å². The molecule has 3 N–H and O–H groups in total. The molecule has 0 heterocycles. The Balaban J connectivity index is 2.84. The zero-order valence-corrected chi connectivity index (χ0v) is 12.0. The highest BCUT2D eigenvalue weighted by atomic mass is 35.5. The molecule has 4 heteroatoms. The van der Waals surface area contributed by atoms with Crippen molar-refractivity contribution in [1.29, 1.82) is 0 Å². The van der Waals surface area contributed by atoms with Crippen molar-refractivity contribution in [3.05, 3.63) is 33.8 Å². The topological polar surface area (TPSA) is 38.0 Å². The largest absolute Gasteiger partial charge is 0.271 e. The fourth-order valence-corrected chi connectivity index (χ4v) is 2.20. The molecular weight excluding hydrogens is 255 g/mol. The van der Waals surface area contributed by atoms with E-state index in [2.05, 4.69) is 26.2 Å². The summed E-state index contributed by atoms with van der Waals surface area (Å²) in [6.45, 7) is 6.57. The molecule has 0 bridgehead atoms. The van der Waals surface area contributed by atoms with Gasteiger partial charge in [0.25, 0.3) is 0 Å². The molecule has 0 amide bonds. The van der Waals surface area contributed by atoms with E-state index in [-0.39, 0.29) is 6.04 Å². The highest BCUT2D eigenvalue weighted by molar-refractivity contribution is 6.42. The van der Waals surface area contributed by atoms with Gasteiger partial charge in [-0.25, -0.2) is 0 Å². The van der Waals surface area contributed by atoms with Crippen LogP contribution < -0.4 is 11.3 Å². The monoisotopic (exact) mass is 274 g/mol. The van der Waals surface area contributed by atoms with Crippen molar-refractivity contribution in [2.45, 2.75) is 33.2 Å². The van der Waals surface area contributed by atoms with Crippen molar-refractivity contribution >= 4 is 23.2 Å². The van der Waals surface area contributed by atoms with Gasteiger partial charge in [0.2, 0.25) is 0 Å². The first kappa shape index (κ1) is 14.8. The second-order valence-corrected chi connectivity index (χ2v) is 5.58. The maximum atomic E-state index is 6.18. The van der Waals surface area contributed by atoms with Crippen LogP contribution in [0.4, 0.5) is 0 Å². The Morgan fingerprint density at radius 1 is 1.24 bits per heavy atom. The van der Waals surface area contributed by atoms with Gasteiger partial charge in [0, 0.05) is 6.04 Å². The fourth-order valence-electron chi connectivity index (χ4n) is 1.80. The zero-order valence-electron chi connectivity index (χ0n) is 10.5. The minimum absolute atomic E-state index is 0.200. The number of hydrazine groups is 1. The third-order valence-electron chi connectivity index (χ3n) is 3.37. The molecule has 0 aromatic heterocycles. The van der Waals surface area contributed by atoms with Gasteiger partial charge in [-0.2, -0.15) is 0 Å². The lowest BCUT2D eigenvalue weighted by Crippen LogP contribution is -2.43. The van der Waals surface area contributed by atoms with Gasteiger partial charge in [-0.15, -0.1) is 0 Å².